The molecule has 0 spiro atoms. The lowest BCUT2D eigenvalue weighted by Crippen LogP contribution is -2.20. The summed E-state index contributed by atoms with van der Waals surface area (Å²) in [4.78, 5) is 8.38. The van der Waals surface area contributed by atoms with Crippen molar-refractivity contribution in [2.75, 3.05) is 6.61 Å². The van der Waals surface area contributed by atoms with E-state index in [9.17, 15) is 4.57 Å². The Kier molecular flexibility index (Phi) is 1.16. The Morgan fingerprint density at radius 3 is 2.43 bits per heavy atom. The molecule has 1 heterocycles. The van der Waals surface area contributed by atoms with Crippen LogP contribution >= 0.6 is 19.2 Å². The molecular formula is C2H4ClO3P. The first-order valence-corrected chi connectivity index (χ1v) is 3.82. The molecule has 1 aliphatic rings. The van der Waals surface area contributed by atoms with E-state index in [-0.39, 0.29) is 6.61 Å². The van der Waals surface area contributed by atoms with E-state index < -0.39 is 12.7 Å². The largest absolute Gasteiger partial charge is 0.348 e. The molecule has 42 valence electrons. The molecule has 1 saturated heterocycles. The SMILES string of the molecule is O=P1(O)OCC1Cl. The van der Waals surface area contributed by atoms with E-state index in [4.69, 9.17) is 16.5 Å². The quantitative estimate of drug-likeness (QED) is 0.401. The Balaban J connectivity index is 2.60. The molecule has 1 rings (SSSR count). The fourth-order valence-corrected chi connectivity index (χ4v) is 1.11. The molecule has 1 fully saturated rings. The highest BCUT2D eigenvalue weighted by atomic mass is 35.5. The van der Waals surface area contributed by atoms with Crippen LogP contribution in [0.15, 0.2) is 0 Å². The van der Waals surface area contributed by atoms with Crippen LogP contribution in [0.25, 0.3) is 0 Å². The second kappa shape index (κ2) is 1.46. The maximum atomic E-state index is 10.2. The summed E-state index contributed by atoms with van der Waals surface area (Å²) in [6, 6.07) is 0. The smallest absolute Gasteiger partial charge is 0.323 e. The number of hydrogen-bond donors (Lipinski definition) is 1. The van der Waals surface area contributed by atoms with E-state index in [2.05, 4.69) is 4.52 Å². The average molecular weight is 142 g/mol. The average Bonchev–Trinajstić information content (AvgIpc) is 1.63. The molecule has 2 unspecified atom stereocenters. The third-order valence-corrected chi connectivity index (χ3v) is 2.99. The van der Waals surface area contributed by atoms with Gasteiger partial charge in [0.15, 0.2) is 5.12 Å². The first-order chi connectivity index (χ1) is 3.13. The molecule has 0 aliphatic carbocycles. The highest BCUT2D eigenvalue weighted by molar-refractivity contribution is 7.57. The molecule has 0 aromatic heterocycles. The van der Waals surface area contributed by atoms with Crippen molar-refractivity contribution < 1.29 is 14.0 Å². The molecule has 0 radical (unpaired) electrons. The summed E-state index contributed by atoms with van der Waals surface area (Å²) < 4.78 is 14.4. The molecule has 1 aliphatic heterocycles. The van der Waals surface area contributed by atoms with Gasteiger partial charge in [-0.05, 0) is 0 Å². The highest BCUT2D eigenvalue weighted by Gasteiger charge is 2.41. The van der Waals surface area contributed by atoms with Crippen LogP contribution in [0.2, 0.25) is 0 Å². The lowest BCUT2D eigenvalue weighted by Gasteiger charge is -2.25. The Hall–Kier alpha value is 0.440. The van der Waals surface area contributed by atoms with Gasteiger partial charge in [0.1, 0.15) is 0 Å². The molecule has 5 heteroatoms. The van der Waals surface area contributed by atoms with Crippen LogP contribution in [-0.4, -0.2) is 16.6 Å². The molecule has 2 atom stereocenters. The predicted octanol–water partition coefficient (Wildman–Crippen LogP) is 0.767. The van der Waals surface area contributed by atoms with Crippen LogP contribution in [-0.2, 0) is 9.09 Å². The van der Waals surface area contributed by atoms with Crippen LogP contribution in [0, 0.1) is 0 Å². The third kappa shape index (κ3) is 0.820. The van der Waals surface area contributed by atoms with Crippen molar-refractivity contribution >= 4 is 19.2 Å². The number of halogens is 1. The van der Waals surface area contributed by atoms with Crippen molar-refractivity contribution in [3.63, 3.8) is 0 Å². The zero-order valence-electron chi connectivity index (χ0n) is 3.37. The summed E-state index contributed by atoms with van der Waals surface area (Å²) in [6.45, 7) is 0.204. The Morgan fingerprint density at radius 2 is 2.43 bits per heavy atom. The summed E-state index contributed by atoms with van der Waals surface area (Å²) in [5.74, 6) is 0. The minimum atomic E-state index is -3.29. The Labute approximate surface area is 45.8 Å². The normalized spacial score (nSPS) is 50.9. The van der Waals surface area contributed by atoms with Crippen molar-refractivity contribution in [3.05, 3.63) is 0 Å². The molecule has 0 saturated carbocycles. The lowest BCUT2D eigenvalue weighted by atomic mass is 10.9. The van der Waals surface area contributed by atoms with E-state index in [0.717, 1.165) is 0 Å². The summed E-state index contributed by atoms with van der Waals surface area (Å²) in [5, 5.41) is -0.660. The molecule has 3 nitrogen and oxygen atoms in total. The van der Waals surface area contributed by atoms with E-state index in [1.54, 1.807) is 0 Å². The van der Waals surface area contributed by atoms with Crippen LogP contribution < -0.4 is 0 Å². The minimum absolute atomic E-state index is 0.204. The van der Waals surface area contributed by atoms with Gasteiger partial charge in [-0.1, -0.05) is 0 Å². The summed E-state index contributed by atoms with van der Waals surface area (Å²) in [6.07, 6.45) is 0. The topological polar surface area (TPSA) is 46.5 Å². The lowest BCUT2D eigenvalue weighted by molar-refractivity contribution is 0.208. The third-order valence-electron chi connectivity index (χ3n) is 0.751. The number of alkyl halides is 1. The molecular weight excluding hydrogens is 138 g/mol. The minimum Gasteiger partial charge on any atom is -0.323 e. The Bertz CT molecular complexity index is 124. The first kappa shape index (κ1) is 5.57. The zero-order valence-corrected chi connectivity index (χ0v) is 5.02. The Morgan fingerprint density at radius 1 is 2.00 bits per heavy atom. The van der Waals surface area contributed by atoms with Crippen molar-refractivity contribution in [1.82, 2.24) is 0 Å². The van der Waals surface area contributed by atoms with Crippen molar-refractivity contribution in [2.45, 2.75) is 5.12 Å². The fraction of sp³-hybridized carbons (Fsp3) is 1.00. The van der Waals surface area contributed by atoms with E-state index in [1.807, 2.05) is 0 Å². The van der Waals surface area contributed by atoms with Crippen LogP contribution in [0.3, 0.4) is 0 Å². The standard InChI is InChI=1S/C2H4ClO3P/c3-2-1-6-7(2,4)5/h2H,1H2,(H,4,5). The second-order valence-electron chi connectivity index (χ2n) is 1.29. The van der Waals surface area contributed by atoms with E-state index >= 15 is 0 Å². The highest BCUT2D eigenvalue weighted by Crippen LogP contribution is 2.57. The van der Waals surface area contributed by atoms with Gasteiger partial charge in [0.2, 0.25) is 0 Å². The molecule has 7 heavy (non-hydrogen) atoms. The van der Waals surface area contributed by atoms with Crippen LogP contribution in [0.5, 0.6) is 0 Å². The maximum absolute atomic E-state index is 10.2. The van der Waals surface area contributed by atoms with Gasteiger partial charge >= 0.3 is 7.60 Å². The van der Waals surface area contributed by atoms with Gasteiger partial charge in [0, 0.05) is 0 Å². The molecule has 0 aromatic rings. The summed E-state index contributed by atoms with van der Waals surface area (Å²) in [5.41, 5.74) is 0. The van der Waals surface area contributed by atoms with Gasteiger partial charge < -0.3 is 9.42 Å². The predicted molar refractivity (Wildman–Crippen MR) is 25.4 cm³/mol. The van der Waals surface area contributed by atoms with Crippen molar-refractivity contribution in [3.8, 4) is 0 Å². The van der Waals surface area contributed by atoms with Gasteiger partial charge in [-0.3, -0.25) is 4.57 Å². The van der Waals surface area contributed by atoms with Crippen molar-refractivity contribution in [2.24, 2.45) is 0 Å². The molecule has 0 bridgehead atoms. The summed E-state index contributed by atoms with van der Waals surface area (Å²) in [7, 11) is -3.29. The number of hydrogen-bond acceptors (Lipinski definition) is 2. The molecule has 0 aromatic carbocycles. The van der Waals surface area contributed by atoms with Gasteiger partial charge in [0.25, 0.3) is 0 Å². The number of rotatable bonds is 0. The molecule has 1 N–H and O–H groups in total. The maximum Gasteiger partial charge on any atom is 0.348 e. The van der Waals surface area contributed by atoms with Crippen LogP contribution in [0.4, 0.5) is 0 Å². The molecule has 0 amide bonds. The van der Waals surface area contributed by atoms with E-state index in [0.29, 0.717) is 0 Å². The van der Waals surface area contributed by atoms with E-state index in [1.165, 1.54) is 0 Å². The zero-order chi connectivity index (χ0) is 5.49. The van der Waals surface area contributed by atoms with Gasteiger partial charge in [0.05, 0.1) is 6.61 Å². The van der Waals surface area contributed by atoms with Crippen molar-refractivity contribution in [1.29, 1.82) is 0 Å². The fourth-order valence-electron chi connectivity index (χ4n) is 0.258. The summed E-state index contributed by atoms with van der Waals surface area (Å²) >= 11 is 5.20. The second-order valence-corrected chi connectivity index (χ2v) is 4.14. The van der Waals surface area contributed by atoms with Gasteiger partial charge in [-0.2, -0.15) is 0 Å². The first-order valence-electron chi connectivity index (χ1n) is 1.74. The van der Waals surface area contributed by atoms with Crippen LogP contribution in [0.1, 0.15) is 0 Å². The van der Waals surface area contributed by atoms with Gasteiger partial charge in [-0.15, -0.1) is 11.6 Å². The van der Waals surface area contributed by atoms with Gasteiger partial charge in [-0.25, -0.2) is 0 Å². The monoisotopic (exact) mass is 142 g/mol.